The normalized spacial score (nSPS) is 17.0. The third kappa shape index (κ3) is 4.05. The Morgan fingerprint density at radius 2 is 1.75 bits per heavy atom. The molecule has 1 unspecified atom stereocenters. The molecule has 0 radical (unpaired) electrons. The van der Waals surface area contributed by atoms with Crippen molar-refractivity contribution in [2.24, 2.45) is 0 Å². The summed E-state index contributed by atoms with van der Waals surface area (Å²) >= 11 is 0. The second-order valence-electron chi connectivity index (χ2n) is 6.61. The van der Waals surface area contributed by atoms with E-state index >= 15 is 0 Å². The Morgan fingerprint density at radius 1 is 1.00 bits per heavy atom. The van der Waals surface area contributed by atoms with Gasteiger partial charge in [-0.25, -0.2) is 9.97 Å². The van der Waals surface area contributed by atoms with E-state index in [1.165, 1.54) is 12.4 Å². The van der Waals surface area contributed by atoms with E-state index in [0.29, 0.717) is 12.1 Å². The maximum absolute atomic E-state index is 13.3. The number of nitrogens with zero attached hydrogens (tertiary/aromatic N) is 4. The van der Waals surface area contributed by atoms with E-state index in [1.807, 2.05) is 30.3 Å². The molecule has 1 fully saturated rings. The summed E-state index contributed by atoms with van der Waals surface area (Å²) in [7, 11) is 0. The van der Waals surface area contributed by atoms with Crippen molar-refractivity contribution in [3.8, 4) is 11.4 Å². The SMILES string of the molecule is FC(F)(F)c1cc(NC2CCN(c3ccccc3)C2)nc(-c2ccncc2)n1. The molecule has 144 valence electrons. The minimum absolute atomic E-state index is 0.00137. The fraction of sp³-hybridized carbons (Fsp3) is 0.250. The number of pyridine rings is 1. The molecule has 0 amide bonds. The molecule has 1 aliphatic heterocycles. The van der Waals surface area contributed by atoms with Gasteiger partial charge in [0.1, 0.15) is 5.82 Å². The van der Waals surface area contributed by atoms with Crippen LogP contribution in [0.5, 0.6) is 0 Å². The number of aromatic nitrogens is 3. The monoisotopic (exact) mass is 385 g/mol. The number of hydrogen-bond donors (Lipinski definition) is 1. The van der Waals surface area contributed by atoms with Gasteiger partial charge in [0.15, 0.2) is 11.5 Å². The first-order chi connectivity index (χ1) is 13.5. The second kappa shape index (κ2) is 7.46. The first-order valence-electron chi connectivity index (χ1n) is 8.92. The highest BCUT2D eigenvalue weighted by molar-refractivity contribution is 5.57. The Bertz CT molecular complexity index is 932. The minimum Gasteiger partial charge on any atom is -0.369 e. The number of benzene rings is 1. The maximum Gasteiger partial charge on any atom is 0.433 e. The summed E-state index contributed by atoms with van der Waals surface area (Å²) in [6, 6.07) is 14.1. The average Bonchev–Trinajstić information content (AvgIpc) is 3.17. The zero-order valence-corrected chi connectivity index (χ0v) is 14.9. The van der Waals surface area contributed by atoms with Crippen LogP contribution in [-0.4, -0.2) is 34.1 Å². The lowest BCUT2D eigenvalue weighted by Gasteiger charge is -2.19. The van der Waals surface area contributed by atoms with Gasteiger partial charge >= 0.3 is 6.18 Å². The van der Waals surface area contributed by atoms with Crippen LogP contribution in [0, 0.1) is 0 Å². The van der Waals surface area contributed by atoms with Gasteiger partial charge in [-0.2, -0.15) is 13.2 Å². The highest BCUT2D eigenvalue weighted by Crippen LogP contribution is 2.31. The average molecular weight is 385 g/mol. The molecule has 1 saturated heterocycles. The van der Waals surface area contributed by atoms with Crippen molar-refractivity contribution in [2.75, 3.05) is 23.3 Å². The fourth-order valence-electron chi connectivity index (χ4n) is 3.26. The molecule has 28 heavy (non-hydrogen) atoms. The Morgan fingerprint density at radius 3 is 2.46 bits per heavy atom. The topological polar surface area (TPSA) is 53.9 Å². The molecular formula is C20H18F3N5. The molecule has 8 heteroatoms. The molecule has 2 aromatic heterocycles. The largest absolute Gasteiger partial charge is 0.433 e. The fourth-order valence-corrected chi connectivity index (χ4v) is 3.26. The quantitative estimate of drug-likeness (QED) is 0.728. The van der Waals surface area contributed by atoms with E-state index in [4.69, 9.17) is 0 Å². The molecule has 3 heterocycles. The highest BCUT2D eigenvalue weighted by Gasteiger charge is 2.34. The number of hydrogen-bond acceptors (Lipinski definition) is 5. The lowest BCUT2D eigenvalue weighted by molar-refractivity contribution is -0.141. The first-order valence-corrected chi connectivity index (χ1v) is 8.92. The van der Waals surface area contributed by atoms with Crippen LogP contribution in [0.25, 0.3) is 11.4 Å². The van der Waals surface area contributed by atoms with Crippen LogP contribution in [0.15, 0.2) is 60.9 Å². The summed E-state index contributed by atoms with van der Waals surface area (Å²) in [6.07, 6.45) is -0.737. The van der Waals surface area contributed by atoms with Crippen molar-refractivity contribution in [3.05, 3.63) is 66.6 Å². The number of rotatable bonds is 4. The zero-order chi connectivity index (χ0) is 19.6. The molecule has 0 bridgehead atoms. The third-order valence-corrected chi connectivity index (χ3v) is 4.62. The second-order valence-corrected chi connectivity index (χ2v) is 6.61. The van der Waals surface area contributed by atoms with Crippen LogP contribution < -0.4 is 10.2 Å². The van der Waals surface area contributed by atoms with E-state index in [-0.39, 0.29) is 17.7 Å². The van der Waals surface area contributed by atoms with Gasteiger partial charge in [-0.1, -0.05) is 18.2 Å². The Balaban J connectivity index is 1.57. The highest BCUT2D eigenvalue weighted by atomic mass is 19.4. The van der Waals surface area contributed by atoms with E-state index in [1.54, 1.807) is 12.1 Å². The molecule has 1 atom stereocenters. The summed E-state index contributed by atoms with van der Waals surface area (Å²) in [6.45, 7) is 1.52. The van der Waals surface area contributed by atoms with Gasteiger partial charge in [0, 0.05) is 48.8 Å². The molecule has 0 aliphatic carbocycles. The Labute approximate surface area is 160 Å². The van der Waals surface area contributed by atoms with Crippen molar-refractivity contribution in [3.63, 3.8) is 0 Å². The van der Waals surface area contributed by atoms with Gasteiger partial charge in [-0.15, -0.1) is 0 Å². The standard InChI is InChI=1S/C20H18F3N5/c21-20(22,23)17-12-18(27-19(26-17)14-6-9-24-10-7-14)25-15-8-11-28(13-15)16-4-2-1-3-5-16/h1-7,9-10,12,15H,8,11,13H2,(H,25,26,27). The van der Waals surface area contributed by atoms with Gasteiger partial charge < -0.3 is 10.2 Å². The van der Waals surface area contributed by atoms with Crippen LogP contribution in [-0.2, 0) is 6.18 Å². The predicted molar refractivity (Wildman–Crippen MR) is 101 cm³/mol. The number of anilines is 2. The molecule has 1 N–H and O–H groups in total. The van der Waals surface area contributed by atoms with E-state index < -0.39 is 11.9 Å². The van der Waals surface area contributed by atoms with Crippen LogP contribution in [0.3, 0.4) is 0 Å². The Kier molecular flexibility index (Phi) is 4.85. The Hall–Kier alpha value is -3.16. The van der Waals surface area contributed by atoms with Crippen LogP contribution in [0.1, 0.15) is 12.1 Å². The predicted octanol–water partition coefficient (Wildman–Crippen LogP) is 4.25. The van der Waals surface area contributed by atoms with Crippen molar-refractivity contribution in [1.29, 1.82) is 0 Å². The van der Waals surface area contributed by atoms with Gasteiger partial charge in [0.25, 0.3) is 0 Å². The number of alkyl halides is 3. The number of para-hydroxylation sites is 1. The molecular weight excluding hydrogens is 367 g/mol. The molecule has 5 nitrogen and oxygen atoms in total. The molecule has 1 aromatic carbocycles. The molecule has 0 saturated carbocycles. The van der Waals surface area contributed by atoms with Crippen molar-refractivity contribution in [2.45, 2.75) is 18.6 Å². The summed E-state index contributed by atoms with van der Waals surface area (Å²) in [5.74, 6) is 0.201. The lowest BCUT2D eigenvalue weighted by atomic mass is 10.2. The smallest absolute Gasteiger partial charge is 0.369 e. The van der Waals surface area contributed by atoms with E-state index in [9.17, 15) is 13.2 Å². The van der Waals surface area contributed by atoms with Gasteiger partial charge in [0.2, 0.25) is 0 Å². The van der Waals surface area contributed by atoms with Crippen LogP contribution in [0.4, 0.5) is 24.7 Å². The maximum atomic E-state index is 13.3. The summed E-state index contributed by atoms with van der Waals surface area (Å²) in [5, 5.41) is 3.15. The first kappa shape index (κ1) is 18.2. The number of nitrogens with one attached hydrogen (secondary N) is 1. The van der Waals surface area contributed by atoms with Crippen LogP contribution in [0.2, 0.25) is 0 Å². The summed E-state index contributed by atoms with van der Waals surface area (Å²) in [4.78, 5) is 14.1. The third-order valence-electron chi connectivity index (χ3n) is 4.62. The molecule has 4 rings (SSSR count). The zero-order valence-electron chi connectivity index (χ0n) is 14.9. The lowest BCUT2D eigenvalue weighted by Crippen LogP contribution is -2.26. The van der Waals surface area contributed by atoms with E-state index in [0.717, 1.165) is 24.7 Å². The van der Waals surface area contributed by atoms with Crippen molar-refractivity contribution >= 4 is 11.5 Å². The van der Waals surface area contributed by atoms with Gasteiger partial charge in [0.05, 0.1) is 0 Å². The molecule has 3 aromatic rings. The molecule has 1 aliphatic rings. The van der Waals surface area contributed by atoms with Crippen molar-refractivity contribution < 1.29 is 13.2 Å². The van der Waals surface area contributed by atoms with Gasteiger partial charge in [-0.05, 0) is 30.7 Å². The van der Waals surface area contributed by atoms with Gasteiger partial charge in [-0.3, -0.25) is 4.98 Å². The van der Waals surface area contributed by atoms with E-state index in [2.05, 4.69) is 25.2 Å². The number of halogens is 3. The molecule has 0 spiro atoms. The van der Waals surface area contributed by atoms with Crippen molar-refractivity contribution in [1.82, 2.24) is 15.0 Å². The summed E-state index contributed by atoms with van der Waals surface area (Å²) < 4.78 is 40.0. The summed E-state index contributed by atoms with van der Waals surface area (Å²) in [5.41, 5.74) is 0.624. The minimum atomic E-state index is -4.55. The van der Waals surface area contributed by atoms with Crippen LogP contribution >= 0.6 is 0 Å².